The van der Waals surface area contributed by atoms with Gasteiger partial charge in [-0.3, -0.25) is 4.79 Å². The Labute approximate surface area is 282 Å². The van der Waals surface area contributed by atoms with Crippen LogP contribution in [-0.4, -0.2) is 71.5 Å². The van der Waals surface area contributed by atoms with Crippen molar-refractivity contribution in [1.29, 1.82) is 0 Å². The summed E-state index contributed by atoms with van der Waals surface area (Å²) in [6, 6.07) is 12.8. The maximum absolute atomic E-state index is 13.6. The number of carboxylic acids is 1. The van der Waals surface area contributed by atoms with E-state index in [1.807, 2.05) is 0 Å². The van der Waals surface area contributed by atoms with Gasteiger partial charge in [0, 0.05) is 4.88 Å². The van der Waals surface area contributed by atoms with Crippen molar-refractivity contribution in [2.24, 2.45) is 16.5 Å². The molecule has 0 saturated heterocycles. The lowest BCUT2D eigenvalue weighted by Gasteiger charge is -2.30. The van der Waals surface area contributed by atoms with Crippen LogP contribution in [0.25, 0.3) is 10.4 Å². The van der Waals surface area contributed by atoms with E-state index in [2.05, 4.69) is 10.3 Å². The Hall–Kier alpha value is -4.96. The fourth-order valence-electron chi connectivity index (χ4n) is 4.24. The first-order valence-electron chi connectivity index (χ1n) is 14.6. The number of carbonyl (C=O) groups is 4. The molecule has 258 valence electrons. The number of guanidine groups is 1. The minimum atomic E-state index is -4.74. The molecule has 14 nitrogen and oxygen atoms in total. The third-order valence-electron chi connectivity index (χ3n) is 6.21. The van der Waals surface area contributed by atoms with E-state index in [0.29, 0.717) is 16.0 Å². The van der Waals surface area contributed by atoms with Gasteiger partial charge in [-0.25, -0.2) is 27.8 Å². The number of nitrogens with one attached hydrogen (secondary N) is 1. The third kappa shape index (κ3) is 9.78. The number of ether oxygens (including phenoxy) is 2. The van der Waals surface area contributed by atoms with Crippen LogP contribution in [0.1, 0.15) is 67.1 Å². The van der Waals surface area contributed by atoms with Crippen LogP contribution in [0, 0.1) is 0 Å². The molecule has 2 aromatic carbocycles. The number of aliphatic carboxylic acids is 1. The lowest BCUT2D eigenvalue weighted by atomic mass is 9.99. The van der Waals surface area contributed by atoms with Crippen molar-refractivity contribution in [3.63, 3.8) is 0 Å². The van der Waals surface area contributed by atoms with Gasteiger partial charge in [0.05, 0.1) is 28.4 Å². The average molecular weight is 702 g/mol. The number of sulfonamides is 1. The van der Waals surface area contributed by atoms with Crippen LogP contribution in [0.3, 0.4) is 0 Å². The van der Waals surface area contributed by atoms with Crippen molar-refractivity contribution >= 4 is 51.3 Å². The lowest BCUT2D eigenvalue weighted by Crippen LogP contribution is -2.54. The summed E-state index contributed by atoms with van der Waals surface area (Å²) in [5.74, 6) is -3.24. The summed E-state index contributed by atoms with van der Waals surface area (Å²) in [7, 11) is -4.74. The molecule has 0 aliphatic carbocycles. The molecule has 1 heterocycles. The molecule has 6 N–H and O–H groups in total. The summed E-state index contributed by atoms with van der Waals surface area (Å²) in [5, 5.41) is 12.5. The highest BCUT2D eigenvalue weighted by atomic mass is 32.2. The Morgan fingerprint density at radius 3 is 2.10 bits per heavy atom. The summed E-state index contributed by atoms with van der Waals surface area (Å²) in [5.41, 5.74) is 10.4. The quantitative estimate of drug-likeness (QED) is 0.127. The fourth-order valence-corrected chi connectivity index (χ4v) is 6.68. The van der Waals surface area contributed by atoms with Crippen molar-refractivity contribution in [3.8, 4) is 10.4 Å². The van der Waals surface area contributed by atoms with Gasteiger partial charge in [-0.2, -0.15) is 4.31 Å². The van der Waals surface area contributed by atoms with Gasteiger partial charge in [-0.1, -0.05) is 30.3 Å². The Balaban J connectivity index is 1.95. The molecule has 1 unspecified atom stereocenters. The second-order valence-electron chi connectivity index (χ2n) is 12.4. The normalized spacial score (nSPS) is 12.4. The fraction of sp³-hybridized carbons (Fsp3) is 0.344. The number of nitrogens with two attached hydrogens (primary N) is 2. The number of hydrogen-bond donors (Lipinski definition) is 4. The van der Waals surface area contributed by atoms with Crippen LogP contribution in [0.5, 0.6) is 0 Å². The molecule has 3 rings (SSSR count). The molecule has 0 radical (unpaired) electrons. The molecule has 0 fully saturated rings. The van der Waals surface area contributed by atoms with Crippen molar-refractivity contribution in [2.75, 3.05) is 6.54 Å². The van der Waals surface area contributed by atoms with Crippen LogP contribution >= 0.6 is 11.3 Å². The molecular formula is C32H39N5O9S2. The van der Waals surface area contributed by atoms with E-state index in [1.165, 1.54) is 51.1 Å². The highest BCUT2D eigenvalue weighted by Gasteiger charge is 2.42. The maximum atomic E-state index is 13.6. The van der Waals surface area contributed by atoms with Gasteiger partial charge < -0.3 is 31.4 Å². The van der Waals surface area contributed by atoms with E-state index in [4.69, 9.17) is 20.9 Å². The van der Waals surface area contributed by atoms with E-state index in [-0.39, 0.29) is 32.1 Å². The van der Waals surface area contributed by atoms with Gasteiger partial charge in [-0.15, -0.1) is 11.3 Å². The molecule has 3 aromatic rings. The number of benzene rings is 2. The zero-order chi connectivity index (χ0) is 36.0. The van der Waals surface area contributed by atoms with Crippen molar-refractivity contribution in [1.82, 2.24) is 9.62 Å². The van der Waals surface area contributed by atoms with Crippen LogP contribution in [0.15, 0.2) is 70.6 Å². The number of aliphatic imine (C=N–C) groups is 1. The lowest BCUT2D eigenvalue weighted by molar-refractivity contribution is -0.141. The molecule has 16 heteroatoms. The van der Waals surface area contributed by atoms with E-state index in [1.54, 1.807) is 51.1 Å². The number of esters is 1. The molecule has 48 heavy (non-hydrogen) atoms. The maximum Gasteiger partial charge on any atom is 0.425 e. The zero-order valence-corrected chi connectivity index (χ0v) is 29.0. The monoisotopic (exact) mass is 701 g/mol. The summed E-state index contributed by atoms with van der Waals surface area (Å²) >= 11 is 1.02. The summed E-state index contributed by atoms with van der Waals surface area (Å²) in [6.45, 7) is 8.83. The van der Waals surface area contributed by atoms with Gasteiger partial charge in [0.1, 0.15) is 11.2 Å². The van der Waals surface area contributed by atoms with Gasteiger partial charge in [0.2, 0.25) is 0 Å². The summed E-state index contributed by atoms with van der Waals surface area (Å²) in [4.78, 5) is 56.3. The molecular weight excluding hydrogens is 663 g/mol. The van der Waals surface area contributed by atoms with Crippen LogP contribution in [-0.2, 0) is 30.8 Å². The smallest absolute Gasteiger partial charge is 0.425 e. The van der Waals surface area contributed by atoms with Crippen LogP contribution < -0.4 is 16.8 Å². The molecule has 1 atom stereocenters. The number of rotatable bonds is 11. The summed E-state index contributed by atoms with van der Waals surface area (Å²) < 4.78 is 38.0. The molecule has 0 spiro atoms. The molecule has 0 aliphatic heterocycles. The van der Waals surface area contributed by atoms with Gasteiger partial charge in [-0.05, 0) is 83.0 Å². The topological polar surface area (TPSA) is 221 Å². The SMILES string of the molecule is CC(C)(C)OC(=O)c1cccc(-c2ccc(C(=O)NCC(C(=O)O)N(C(=O)OC(C)(C)C)S(=O)(=O)c3ccccc3)s2)c1CN=C(N)N. The molecule has 2 amide bonds. The molecule has 0 bridgehead atoms. The number of nitrogens with zero attached hydrogens (tertiary/aromatic N) is 2. The first-order valence-corrected chi connectivity index (χ1v) is 16.8. The Bertz CT molecular complexity index is 1800. The number of carbonyl (C=O) groups excluding carboxylic acids is 3. The van der Waals surface area contributed by atoms with E-state index < -0.39 is 57.8 Å². The number of carboxylic acid groups (broad SMARTS) is 1. The average Bonchev–Trinajstić information content (AvgIpc) is 3.46. The minimum Gasteiger partial charge on any atom is -0.480 e. The number of thiophene rings is 1. The van der Waals surface area contributed by atoms with E-state index in [9.17, 15) is 32.7 Å². The van der Waals surface area contributed by atoms with Crippen molar-refractivity contribution in [2.45, 2.75) is 70.2 Å². The van der Waals surface area contributed by atoms with Crippen LogP contribution in [0.4, 0.5) is 4.79 Å². The van der Waals surface area contributed by atoms with E-state index >= 15 is 0 Å². The van der Waals surface area contributed by atoms with Gasteiger partial charge >= 0.3 is 18.0 Å². The van der Waals surface area contributed by atoms with Crippen molar-refractivity contribution < 1.29 is 42.2 Å². The predicted octanol–water partition coefficient (Wildman–Crippen LogP) is 3.95. The number of hydrogen-bond acceptors (Lipinski definition) is 10. The second kappa shape index (κ2) is 14.9. The first-order chi connectivity index (χ1) is 22.2. The summed E-state index contributed by atoms with van der Waals surface area (Å²) in [6.07, 6.45) is -1.43. The number of amides is 2. The van der Waals surface area contributed by atoms with E-state index in [0.717, 1.165) is 11.3 Å². The standard InChI is InChI=1S/C32H39N5O9S2/c1-31(2,3)45-28(41)21-14-10-13-20(22(21)17-36-29(33)34)24-15-16-25(47-24)26(38)35-18-23(27(39)40)37(30(42)46-32(4,5)6)48(43,44)19-11-8-7-9-12-19/h7-16,23H,17-18H2,1-6H3,(H,35,38)(H,39,40)(H4,33,34,36). The largest absolute Gasteiger partial charge is 0.480 e. The third-order valence-corrected chi connectivity index (χ3v) is 9.11. The molecule has 0 aliphatic rings. The highest BCUT2D eigenvalue weighted by Crippen LogP contribution is 2.34. The predicted molar refractivity (Wildman–Crippen MR) is 180 cm³/mol. The Morgan fingerprint density at radius 2 is 1.54 bits per heavy atom. The zero-order valence-electron chi connectivity index (χ0n) is 27.3. The van der Waals surface area contributed by atoms with Gasteiger partial charge in [0.25, 0.3) is 15.9 Å². The minimum absolute atomic E-state index is 0.0663. The Morgan fingerprint density at radius 1 is 0.917 bits per heavy atom. The van der Waals surface area contributed by atoms with Crippen molar-refractivity contribution in [3.05, 3.63) is 76.7 Å². The van der Waals surface area contributed by atoms with Crippen LogP contribution in [0.2, 0.25) is 0 Å². The molecule has 1 aromatic heterocycles. The molecule has 0 saturated carbocycles. The first kappa shape index (κ1) is 37.5. The highest BCUT2D eigenvalue weighted by molar-refractivity contribution is 7.89. The van der Waals surface area contributed by atoms with Gasteiger partial charge in [0.15, 0.2) is 12.0 Å². The second-order valence-corrected chi connectivity index (χ2v) is 15.3. The Kier molecular flexibility index (Phi) is 11.6.